The van der Waals surface area contributed by atoms with Crippen LogP contribution in [0.2, 0.25) is 0 Å². The van der Waals surface area contributed by atoms with E-state index in [-0.39, 0.29) is 35.6 Å². The highest BCUT2D eigenvalue weighted by molar-refractivity contribution is 5.96. The van der Waals surface area contributed by atoms with Gasteiger partial charge in [-0.3, -0.25) is 9.59 Å². The summed E-state index contributed by atoms with van der Waals surface area (Å²) in [6.07, 6.45) is 3.56. The van der Waals surface area contributed by atoms with Crippen molar-refractivity contribution in [3.05, 3.63) is 88.4 Å². The number of aromatic nitrogens is 3. The highest BCUT2D eigenvalue weighted by Crippen LogP contribution is 2.48. The maximum absolute atomic E-state index is 15.3. The Balaban J connectivity index is 1.20. The van der Waals surface area contributed by atoms with E-state index in [9.17, 15) is 9.59 Å². The lowest BCUT2D eigenvalue weighted by molar-refractivity contribution is -0.144. The van der Waals surface area contributed by atoms with Crippen LogP contribution >= 0.6 is 0 Å². The fourth-order valence-corrected chi connectivity index (χ4v) is 6.15. The van der Waals surface area contributed by atoms with Crippen molar-refractivity contribution < 1.29 is 18.7 Å². The van der Waals surface area contributed by atoms with Gasteiger partial charge in [-0.15, -0.1) is 5.10 Å². The fraction of sp³-hybridized carbons (Fsp3) is 0.375. The van der Waals surface area contributed by atoms with Crippen LogP contribution in [-0.4, -0.2) is 44.5 Å². The number of ether oxygens (including phenoxy) is 1. The molecule has 4 aromatic rings. The summed E-state index contributed by atoms with van der Waals surface area (Å²) in [7, 11) is 0. The van der Waals surface area contributed by atoms with Crippen molar-refractivity contribution >= 4 is 17.5 Å². The van der Waals surface area contributed by atoms with Gasteiger partial charge < -0.3 is 9.64 Å². The lowest BCUT2D eigenvalue weighted by atomic mass is 9.93. The number of pyridine rings is 1. The second kappa shape index (κ2) is 9.54. The topological polar surface area (TPSA) is 76.8 Å². The second-order valence-electron chi connectivity index (χ2n) is 11.2. The molecule has 8 heteroatoms. The van der Waals surface area contributed by atoms with Gasteiger partial charge in [-0.1, -0.05) is 30.3 Å². The molecule has 2 aromatic carbocycles. The zero-order valence-electron chi connectivity index (χ0n) is 22.6. The summed E-state index contributed by atoms with van der Waals surface area (Å²) in [6.45, 7) is 4.87. The van der Waals surface area contributed by atoms with Gasteiger partial charge in [0.2, 0.25) is 0 Å². The van der Waals surface area contributed by atoms with Crippen molar-refractivity contribution in [3.63, 3.8) is 0 Å². The lowest BCUT2D eigenvalue weighted by Crippen LogP contribution is -2.38. The van der Waals surface area contributed by atoms with Gasteiger partial charge in [0.25, 0.3) is 5.91 Å². The van der Waals surface area contributed by atoms with E-state index in [0.717, 1.165) is 30.5 Å². The van der Waals surface area contributed by atoms with Crippen LogP contribution < -0.4 is 0 Å². The molecule has 40 heavy (non-hydrogen) atoms. The Morgan fingerprint density at radius 2 is 1.93 bits per heavy atom. The molecule has 3 atom stereocenters. The molecule has 2 fully saturated rings. The Morgan fingerprint density at radius 1 is 1.10 bits per heavy atom. The third kappa shape index (κ3) is 4.26. The number of hydrogen-bond acceptors (Lipinski definition) is 5. The minimum atomic E-state index is -0.423. The second-order valence-corrected chi connectivity index (χ2v) is 11.2. The molecule has 1 aliphatic heterocycles. The Kier molecular flexibility index (Phi) is 5.95. The summed E-state index contributed by atoms with van der Waals surface area (Å²) in [5, 5.41) is 4.69. The highest BCUT2D eigenvalue weighted by atomic mass is 19.1. The third-order valence-corrected chi connectivity index (χ3v) is 8.60. The molecule has 0 spiro atoms. The number of amides is 1. The maximum Gasteiger partial charge on any atom is 0.309 e. The molecule has 3 heterocycles. The van der Waals surface area contributed by atoms with Crippen molar-refractivity contribution in [2.24, 2.45) is 5.92 Å². The molecule has 2 saturated carbocycles. The molecule has 7 nitrogen and oxygen atoms in total. The predicted octanol–water partition coefficient (Wildman–Crippen LogP) is 5.84. The Hall–Kier alpha value is -4.07. The van der Waals surface area contributed by atoms with Gasteiger partial charge >= 0.3 is 5.97 Å². The summed E-state index contributed by atoms with van der Waals surface area (Å²) >= 11 is 0. The van der Waals surface area contributed by atoms with Gasteiger partial charge in [0.1, 0.15) is 5.82 Å². The molecule has 3 aliphatic rings. The Bertz CT molecular complexity index is 1660. The van der Waals surface area contributed by atoms with E-state index in [1.165, 1.54) is 17.2 Å². The lowest BCUT2D eigenvalue weighted by Gasteiger charge is -2.35. The zero-order chi connectivity index (χ0) is 27.5. The van der Waals surface area contributed by atoms with Crippen LogP contribution in [0.5, 0.6) is 0 Å². The van der Waals surface area contributed by atoms with Crippen LogP contribution in [0.1, 0.15) is 83.7 Å². The molecular weight excluding hydrogens is 507 g/mol. The van der Waals surface area contributed by atoms with Crippen LogP contribution in [0.25, 0.3) is 17.0 Å². The minimum Gasteiger partial charge on any atom is -0.466 e. The van der Waals surface area contributed by atoms with Crippen molar-refractivity contribution in [1.29, 1.82) is 0 Å². The van der Waals surface area contributed by atoms with Crippen LogP contribution in [0.15, 0.2) is 54.6 Å². The van der Waals surface area contributed by atoms with Gasteiger partial charge in [-0.25, -0.2) is 13.9 Å². The van der Waals surface area contributed by atoms with Crippen LogP contribution in [0.4, 0.5) is 4.39 Å². The normalized spacial score (nSPS) is 21.8. The molecule has 204 valence electrons. The predicted molar refractivity (Wildman–Crippen MR) is 147 cm³/mol. The summed E-state index contributed by atoms with van der Waals surface area (Å²) in [5.74, 6) is -0.289. The summed E-state index contributed by atoms with van der Waals surface area (Å²) in [5.41, 5.74) is 5.64. The number of nitrogens with zero attached hydrogens (tertiary/aromatic N) is 4. The van der Waals surface area contributed by atoms with Gasteiger partial charge in [0, 0.05) is 23.7 Å². The molecule has 1 amide bonds. The SMILES string of the molecule is CCOC(=O)C1CC1c1ccc(-c2nc3cc(C(=O)N4CCc5ccccc5[C@H]4C)cc(C4CC4)n3n2)c(F)c1. The first kappa shape index (κ1) is 24.9. The number of rotatable bonds is 6. The quantitative estimate of drug-likeness (QED) is 0.288. The molecule has 0 bridgehead atoms. The van der Waals surface area contributed by atoms with Crippen LogP contribution in [-0.2, 0) is 16.0 Å². The van der Waals surface area contributed by atoms with Gasteiger partial charge in [-0.05, 0) is 86.4 Å². The minimum absolute atomic E-state index is 0.0178. The van der Waals surface area contributed by atoms with E-state index < -0.39 is 5.82 Å². The summed E-state index contributed by atoms with van der Waals surface area (Å²) in [6, 6.07) is 17.0. The number of fused-ring (bicyclic) bond motifs is 2. The van der Waals surface area contributed by atoms with Crippen molar-refractivity contribution in [2.45, 2.75) is 57.4 Å². The number of esters is 1. The standard InChI is InChI=1S/C32H31FN4O3/c1-3-40-32(39)26-17-25(26)21-10-11-24(27(33)14-21)30-34-29-16-22(15-28(20-8-9-20)37(29)35-30)31(38)36-13-12-19-6-4-5-7-23(19)18(36)2/h4-7,10-11,14-16,18,20,25-26H,3,8-9,12-13,17H2,1-2H3/t18-,25?,26?/m1/s1. The molecule has 2 aromatic heterocycles. The molecule has 0 N–H and O–H groups in total. The largest absolute Gasteiger partial charge is 0.466 e. The van der Waals surface area contributed by atoms with E-state index in [1.807, 2.05) is 29.2 Å². The number of hydrogen-bond donors (Lipinski definition) is 0. The molecular formula is C32H31FN4O3. The van der Waals surface area contributed by atoms with E-state index in [0.29, 0.717) is 42.3 Å². The first-order valence-electron chi connectivity index (χ1n) is 14.2. The zero-order valence-corrected chi connectivity index (χ0v) is 22.6. The van der Waals surface area contributed by atoms with Crippen molar-refractivity contribution in [2.75, 3.05) is 13.2 Å². The third-order valence-electron chi connectivity index (χ3n) is 8.60. The monoisotopic (exact) mass is 538 g/mol. The van der Waals surface area contributed by atoms with Gasteiger partial charge in [-0.2, -0.15) is 0 Å². The number of carbonyl (C=O) groups is 2. The van der Waals surface area contributed by atoms with Crippen molar-refractivity contribution in [3.8, 4) is 11.4 Å². The number of benzene rings is 2. The van der Waals surface area contributed by atoms with E-state index in [4.69, 9.17) is 4.74 Å². The molecule has 2 aliphatic carbocycles. The fourth-order valence-electron chi connectivity index (χ4n) is 6.15. The Labute approximate surface area is 232 Å². The highest BCUT2D eigenvalue weighted by Gasteiger charge is 2.45. The first-order valence-corrected chi connectivity index (χ1v) is 14.2. The van der Waals surface area contributed by atoms with Crippen molar-refractivity contribution in [1.82, 2.24) is 19.5 Å². The Morgan fingerprint density at radius 3 is 2.70 bits per heavy atom. The smallest absolute Gasteiger partial charge is 0.309 e. The van der Waals surface area contributed by atoms with E-state index in [2.05, 4.69) is 29.1 Å². The number of carbonyl (C=O) groups excluding carboxylic acids is 2. The van der Waals surface area contributed by atoms with E-state index >= 15 is 4.39 Å². The molecule has 2 unspecified atom stereocenters. The number of halogens is 1. The van der Waals surface area contributed by atoms with E-state index in [1.54, 1.807) is 23.6 Å². The molecule has 0 saturated heterocycles. The summed E-state index contributed by atoms with van der Waals surface area (Å²) in [4.78, 5) is 32.4. The van der Waals surface area contributed by atoms with Gasteiger partial charge in [0.15, 0.2) is 11.5 Å². The summed E-state index contributed by atoms with van der Waals surface area (Å²) < 4.78 is 22.2. The van der Waals surface area contributed by atoms with Crippen LogP contribution in [0.3, 0.4) is 0 Å². The van der Waals surface area contributed by atoms with Crippen LogP contribution in [0, 0.1) is 11.7 Å². The van der Waals surface area contributed by atoms with Gasteiger partial charge in [0.05, 0.1) is 24.1 Å². The average Bonchev–Trinajstić information content (AvgIpc) is 3.89. The maximum atomic E-state index is 15.3. The average molecular weight is 539 g/mol. The molecule has 0 radical (unpaired) electrons. The first-order chi connectivity index (χ1) is 19.4. The molecule has 7 rings (SSSR count).